The molecule has 3 nitrogen and oxygen atoms in total. The maximum Gasteiger partial charge on any atom is 0.115 e. The number of hydrogen-bond donors (Lipinski definition) is 1. The first-order valence-corrected chi connectivity index (χ1v) is 7.63. The van der Waals surface area contributed by atoms with E-state index in [2.05, 4.69) is 36.1 Å². The Morgan fingerprint density at radius 3 is 2.68 bits per heavy atom. The van der Waals surface area contributed by atoms with Gasteiger partial charge in [-0.05, 0) is 37.1 Å². The van der Waals surface area contributed by atoms with Crippen molar-refractivity contribution in [1.82, 2.24) is 15.3 Å². The van der Waals surface area contributed by atoms with Gasteiger partial charge in [0.25, 0.3) is 0 Å². The Morgan fingerprint density at radius 2 is 2.05 bits per heavy atom. The van der Waals surface area contributed by atoms with E-state index in [9.17, 15) is 0 Å². The molecule has 1 aromatic rings. The molecule has 2 atom stereocenters. The molecule has 0 aliphatic heterocycles. The van der Waals surface area contributed by atoms with Crippen molar-refractivity contribution >= 4 is 0 Å². The average Bonchev–Trinajstić information content (AvgIpc) is 2.42. The van der Waals surface area contributed by atoms with Crippen LogP contribution in [0.25, 0.3) is 0 Å². The van der Waals surface area contributed by atoms with Crippen LogP contribution in [-0.2, 0) is 0 Å². The fraction of sp³-hybridized carbons (Fsp3) is 0.750. The Morgan fingerprint density at radius 1 is 1.32 bits per heavy atom. The molecule has 2 unspecified atom stereocenters. The second-order valence-corrected chi connectivity index (χ2v) is 6.44. The molecule has 1 N–H and O–H groups in total. The van der Waals surface area contributed by atoms with Crippen LogP contribution < -0.4 is 5.32 Å². The number of aromatic nitrogens is 2. The standard InChI is InChI=1S/C16H27N3/c1-4-9-19-15(13-10-17-12-18-11-13)14-7-5-6-8-16(14,2)3/h10-12,14-15,19H,4-9H2,1-3H3. The number of rotatable bonds is 5. The molecule has 0 amide bonds. The van der Waals surface area contributed by atoms with Gasteiger partial charge in [0, 0.05) is 24.0 Å². The third-order valence-corrected chi connectivity index (χ3v) is 4.55. The number of nitrogens with zero attached hydrogens (tertiary/aromatic N) is 2. The van der Waals surface area contributed by atoms with Crippen molar-refractivity contribution in [2.75, 3.05) is 6.54 Å². The van der Waals surface area contributed by atoms with E-state index in [4.69, 9.17) is 0 Å². The van der Waals surface area contributed by atoms with Crippen LogP contribution in [-0.4, -0.2) is 16.5 Å². The van der Waals surface area contributed by atoms with E-state index in [0.29, 0.717) is 17.4 Å². The fourth-order valence-corrected chi connectivity index (χ4v) is 3.40. The van der Waals surface area contributed by atoms with Gasteiger partial charge in [0.2, 0.25) is 0 Å². The predicted molar refractivity (Wildman–Crippen MR) is 78.8 cm³/mol. The van der Waals surface area contributed by atoms with Gasteiger partial charge in [-0.2, -0.15) is 0 Å². The monoisotopic (exact) mass is 261 g/mol. The zero-order chi connectivity index (χ0) is 13.7. The highest BCUT2D eigenvalue weighted by Gasteiger charge is 2.38. The Hall–Kier alpha value is -0.960. The van der Waals surface area contributed by atoms with E-state index in [1.807, 2.05) is 12.4 Å². The maximum atomic E-state index is 4.21. The minimum Gasteiger partial charge on any atom is -0.310 e. The van der Waals surface area contributed by atoms with Crippen molar-refractivity contribution in [2.45, 2.75) is 58.9 Å². The highest BCUT2D eigenvalue weighted by atomic mass is 14.9. The van der Waals surface area contributed by atoms with E-state index >= 15 is 0 Å². The van der Waals surface area contributed by atoms with Gasteiger partial charge in [0.05, 0.1) is 0 Å². The maximum absolute atomic E-state index is 4.21. The lowest BCUT2D eigenvalue weighted by Crippen LogP contribution is -2.39. The second-order valence-electron chi connectivity index (χ2n) is 6.44. The molecule has 0 saturated heterocycles. The van der Waals surface area contributed by atoms with Gasteiger partial charge in [-0.15, -0.1) is 0 Å². The third kappa shape index (κ3) is 3.53. The first kappa shape index (κ1) is 14.4. The number of hydrogen-bond acceptors (Lipinski definition) is 3. The molecule has 19 heavy (non-hydrogen) atoms. The van der Waals surface area contributed by atoms with Crippen LogP contribution in [0.5, 0.6) is 0 Å². The van der Waals surface area contributed by atoms with Gasteiger partial charge >= 0.3 is 0 Å². The summed E-state index contributed by atoms with van der Waals surface area (Å²) in [6, 6.07) is 0.399. The van der Waals surface area contributed by atoms with E-state index in [1.165, 1.54) is 31.2 Å². The normalized spacial score (nSPS) is 24.1. The van der Waals surface area contributed by atoms with Crippen LogP contribution in [0.3, 0.4) is 0 Å². The molecule has 0 spiro atoms. The van der Waals surface area contributed by atoms with Crippen molar-refractivity contribution in [2.24, 2.45) is 11.3 Å². The summed E-state index contributed by atoms with van der Waals surface area (Å²) in [5.41, 5.74) is 1.65. The summed E-state index contributed by atoms with van der Waals surface area (Å²) in [5, 5.41) is 3.73. The molecule has 0 aromatic carbocycles. The Kier molecular flexibility index (Phi) is 4.92. The summed E-state index contributed by atoms with van der Waals surface area (Å²) in [6.07, 6.45) is 12.1. The van der Waals surface area contributed by atoms with Gasteiger partial charge in [-0.3, -0.25) is 0 Å². The van der Waals surface area contributed by atoms with Crippen LogP contribution in [0.2, 0.25) is 0 Å². The van der Waals surface area contributed by atoms with Crippen LogP contribution in [0, 0.1) is 11.3 Å². The molecular formula is C16H27N3. The molecule has 1 aliphatic rings. The quantitative estimate of drug-likeness (QED) is 0.877. The molecule has 2 rings (SSSR count). The van der Waals surface area contributed by atoms with Gasteiger partial charge in [0.15, 0.2) is 0 Å². The van der Waals surface area contributed by atoms with Gasteiger partial charge in [0.1, 0.15) is 6.33 Å². The fourth-order valence-electron chi connectivity index (χ4n) is 3.40. The highest BCUT2D eigenvalue weighted by Crippen LogP contribution is 2.46. The van der Waals surface area contributed by atoms with E-state index in [1.54, 1.807) is 6.33 Å². The molecular weight excluding hydrogens is 234 g/mol. The highest BCUT2D eigenvalue weighted by molar-refractivity contribution is 5.12. The Bertz CT molecular complexity index is 375. The zero-order valence-corrected chi connectivity index (χ0v) is 12.5. The summed E-state index contributed by atoms with van der Waals surface area (Å²) < 4.78 is 0. The van der Waals surface area contributed by atoms with Crippen molar-refractivity contribution in [3.63, 3.8) is 0 Å². The molecule has 1 aromatic heterocycles. The minimum atomic E-state index is 0.399. The summed E-state index contributed by atoms with van der Waals surface area (Å²) in [7, 11) is 0. The van der Waals surface area contributed by atoms with Crippen LogP contribution in [0.4, 0.5) is 0 Å². The van der Waals surface area contributed by atoms with Crippen molar-refractivity contribution in [3.05, 3.63) is 24.3 Å². The molecule has 0 radical (unpaired) electrons. The second kappa shape index (κ2) is 6.47. The van der Waals surface area contributed by atoms with Crippen LogP contribution >= 0.6 is 0 Å². The van der Waals surface area contributed by atoms with Gasteiger partial charge < -0.3 is 5.32 Å². The lowest BCUT2D eigenvalue weighted by molar-refractivity contribution is 0.0979. The lowest BCUT2D eigenvalue weighted by atomic mass is 9.65. The topological polar surface area (TPSA) is 37.8 Å². The zero-order valence-electron chi connectivity index (χ0n) is 12.5. The van der Waals surface area contributed by atoms with Gasteiger partial charge in [-0.25, -0.2) is 9.97 Å². The number of nitrogens with one attached hydrogen (secondary N) is 1. The van der Waals surface area contributed by atoms with Crippen LogP contribution in [0.1, 0.15) is 64.5 Å². The summed E-state index contributed by atoms with van der Waals surface area (Å²) in [4.78, 5) is 8.41. The summed E-state index contributed by atoms with van der Waals surface area (Å²) in [6.45, 7) is 8.12. The van der Waals surface area contributed by atoms with Crippen molar-refractivity contribution in [1.29, 1.82) is 0 Å². The minimum absolute atomic E-state index is 0.399. The largest absolute Gasteiger partial charge is 0.310 e. The van der Waals surface area contributed by atoms with E-state index in [0.717, 1.165) is 13.0 Å². The summed E-state index contributed by atoms with van der Waals surface area (Å²) in [5.74, 6) is 0.679. The summed E-state index contributed by atoms with van der Waals surface area (Å²) >= 11 is 0. The third-order valence-electron chi connectivity index (χ3n) is 4.55. The molecule has 106 valence electrons. The molecule has 1 aliphatic carbocycles. The molecule has 3 heteroatoms. The van der Waals surface area contributed by atoms with E-state index < -0.39 is 0 Å². The Labute approximate surface area is 117 Å². The first-order valence-electron chi connectivity index (χ1n) is 7.63. The lowest BCUT2D eigenvalue weighted by Gasteiger charge is -2.43. The smallest absolute Gasteiger partial charge is 0.115 e. The van der Waals surface area contributed by atoms with Crippen LogP contribution in [0.15, 0.2) is 18.7 Å². The van der Waals surface area contributed by atoms with Crippen molar-refractivity contribution in [3.8, 4) is 0 Å². The Balaban J connectivity index is 2.21. The average molecular weight is 261 g/mol. The van der Waals surface area contributed by atoms with Gasteiger partial charge in [-0.1, -0.05) is 33.6 Å². The SMILES string of the molecule is CCCNC(c1cncnc1)C1CCCCC1(C)C. The van der Waals surface area contributed by atoms with Crippen molar-refractivity contribution < 1.29 is 0 Å². The van der Waals surface area contributed by atoms with E-state index in [-0.39, 0.29) is 0 Å². The predicted octanol–water partition coefficient (Wildman–Crippen LogP) is 3.73. The molecule has 0 bridgehead atoms. The first-order chi connectivity index (χ1) is 9.15. The molecule has 1 saturated carbocycles. The molecule has 1 fully saturated rings. The molecule has 1 heterocycles.